The molecular formula is C7H8BO. The van der Waals surface area contributed by atoms with Crippen LogP contribution in [0.2, 0.25) is 6.82 Å². The minimum absolute atomic E-state index is 0.325. The number of aromatic hydroxyl groups is 1. The highest BCUT2D eigenvalue weighted by molar-refractivity contribution is 6.51. The lowest BCUT2D eigenvalue weighted by molar-refractivity contribution is 0.476. The molecule has 0 saturated carbocycles. The van der Waals surface area contributed by atoms with Gasteiger partial charge in [-0.05, 0) is 12.1 Å². The molecule has 0 aliphatic carbocycles. The lowest BCUT2D eigenvalue weighted by atomic mass is 9.73. The third-order valence-electron chi connectivity index (χ3n) is 1.20. The van der Waals surface area contributed by atoms with E-state index in [1.54, 1.807) is 12.1 Å². The lowest BCUT2D eigenvalue weighted by Gasteiger charge is -1.93. The van der Waals surface area contributed by atoms with E-state index in [1.165, 1.54) is 0 Å². The molecule has 0 saturated heterocycles. The summed E-state index contributed by atoms with van der Waals surface area (Å²) in [6.07, 6.45) is 0. The van der Waals surface area contributed by atoms with Crippen molar-refractivity contribution in [3.63, 3.8) is 0 Å². The van der Waals surface area contributed by atoms with Crippen LogP contribution in [0.25, 0.3) is 0 Å². The second kappa shape index (κ2) is 2.58. The molecule has 0 aliphatic heterocycles. The molecule has 1 nitrogen and oxygen atoms in total. The Bertz CT molecular complexity index is 198. The first-order valence-electron chi connectivity index (χ1n) is 2.91. The fourth-order valence-corrected chi connectivity index (χ4v) is 0.704. The van der Waals surface area contributed by atoms with E-state index in [0.29, 0.717) is 5.75 Å². The summed E-state index contributed by atoms with van der Waals surface area (Å²) in [6, 6.07) is 7.15. The maximum absolute atomic E-state index is 8.92. The third kappa shape index (κ3) is 1.49. The molecule has 0 bridgehead atoms. The van der Waals surface area contributed by atoms with Gasteiger partial charge in [0.15, 0.2) is 0 Å². The quantitative estimate of drug-likeness (QED) is 0.541. The van der Waals surface area contributed by atoms with Gasteiger partial charge in [-0.2, -0.15) is 0 Å². The molecule has 1 aromatic carbocycles. The molecule has 45 valence electrons. The first-order valence-corrected chi connectivity index (χ1v) is 2.91. The van der Waals surface area contributed by atoms with E-state index in [4.69, 9.17) is 5.11 Å². The number of phenolic OH excluding ortho intramolecular Hbond substituents is 1. The first kappa shape index (κ1) is 6.21. The van der Waals surface area contributed by atoms with Gasteiger partial charge in [-0.3, -0.25) is 0 Å². The van der Waals surface area contributed by atoms with Crippen LogP contribution in [0, 0.1) is 0 Å². The molecule has 2 heteroatoms. The average molecular weight is 119 g/mol. The van der Waals surface area contributed by atoms with Gasteiger partial charge >= 0.3 is 0 Å². The molecule has 0 aliphatic rings. The average Bonchev–Trinajstić information content (AvgIpc) is 1.88. The molecule has 1 N–H and O–H groups in total. The minimum Gasteiger partial charge on any atom is -0.508 e. The van der Waals surface area contributed by atoms with Gasteiger partial charge < -0.3 is 5.11 Å². The second-order valence-corrected chi connectivity index (χ2v) is 1.88. The maximum Gasteiger partial charge on any atom is 0.148 e. The van der Waals surface area contributed by atoms with Crippen LogP contribution in [-0.2, 0) is 0 Å². The highest BCUT2D eigenvalue weighted by Gasteiger charge is 1.89. The number of hydrogen-bond acceptors (Lipinski definition) is 1. The maximum atomic E-state index is 8.92. The Balaban J connectivity index is 2.94. The van der Waals surface area contributed by atoms with Crippen molar-refractivity contribution in [2.75, 3.05) is 0 Å². The fraction of sp³-hybridized carbons (Fsp3) is 0.143. The van der Waals surface area contributed by atoms with Crippen molar-refractivity contribution in [3.05, 3.63) is 24.3 Å². The molecule has 0 heterocycles. The monoisotopic (exact) mass is 119 g/mol. The molecule has 0 fully saturated rings. The molecule has 0 amide bonds. The van der Waals surface area contributed by atoms with Crippen LogP contribution in [0.4, 0.5) is 0 Å². The normalized spacial score (nSPS) is 9.00. The van der Waals surface area contributed by atoms with Crippen LogP contribution >= 0.6 is 0 Å². The van der Waals surface area contributed by atoms with Gasteiger partial charge in [-0.15, -0.1) is 0 Å². The summed E-state index contributed by atoms with van der Waals surface area (Å²) in [6.45, 7) is 1.94. The number of benzene rings is 1. The van der Waals surface area contributed by atoms with Gasteiger partial charge in [-0.1, -0.05) is 24.4 Å². The summed E-state index contributed by atoms with van der Waals surface area (Å²) >= 11 is 0. The van der Waals surface area contributed by atoms with Crippen LogP contribution in [0.3, 0.4) is 0 Å². The van der Waals surface area contributed by atoms with Crippen LogP contribution < -0.4 is 5.46 Å². The second-order valence-electron chi connectivity index (χ2n) is 1.88. The Hall–Kier alpha value is -0.915. The van der Waals surface area contributed by atoms with Crippen LogP contribution in [-0.4, -0.2) is 12.4 Å². The Morgan fingerprint density at radius 2 is 2.22 bits per heavy atom. The highest BCUT2D eigenvalue weighted by Crippen LogP contribution is 2.01. The fourth-order valence-electron chi connectivity index (χ4n) is 0.704. The molecule has 0 spiro atoms. The van der Waals surface area contributed by atoms with E-state index < -0.39 is 0 Å². The predicted molar refractivity (Wildman–Crippen MR) is 39.4 cm³/mol. The largest absolute Gasteiger partial charge is 0.508 e. The summed E-state index contributed by atoms with van der Waals surface area (Å²) < 4.78 is 0. The summed E-state index contributed by atoms with van der Waals surface area (Å²) in [5, 5.41) is 8.92. The van der Waals surface area contributed by atoms with Crippen molar-refractivity contribution in [3.8, 4) is 5.75 Å². The summed E-state index contributed by atoms with van der Waals surface area (Å²) in [4.78, 5) is 0. The van der Waals surface area contributed by atoms with Gasteiger partial charge in [0.1, 0.15) is 13.0 Å². The van der Waals surface area contributed by atoms with Gasteiger partial charge in [-0.25, -0.2) is 0 Å². The molecule has 0 atom stereocenters. The lowest BCUT2D eigenvalue weighted by Crippen LogP contribution is -2.08. The Kier molecular flexibility index (Phi) is 1.78. The smallest absolute Gasteiger partial charge is 0.148 e. The highest BCUT2D eigenvalue weighted by atomic mass is 16.3. The van der Waals surface area contributed by atoms with E-state index in [9.17, 15) is 0 Å². The topological polar surface area (TPSA) is 20.2 Å². The van der Waals surface area contributed by atoms with Crippen LogP contribution in [0.15, 0.2) is 24.3 Å². The summed E-state index contributed by atoms with van der Waals surface area (Å²) in [7, 11) is 1.94. The van der Waals surface area contributed by atoms with E-state index in [-0.39, 0.29) is 0 Å². The molecular weight excluding hydrogens is 111 g/mol. The molecule has 9 heavy (non-hydrogen) atoms. The van der Waals surface area contributed by atoms with Gasteiger partial charge in [0.2, 0.25) is 0 Å². The van der Waals surface area contributed by atoms with Gasteiger partial charge in [0, 0.05) is 0 Å². The predicted octanol–water partition coefficient (Wildman–Crippen LogP) is 0.770. The third-order valence-corrected chi connectivity index (χ3v) is 1.20. The molecule has 0 aromatic heterocycles. The number of rotatable bonds is 1. The molecule has 1 radical (unpaired) electrons. The van der Waals surface area contributed by atoms with Crippen molar-refractivity contribution in [2.24, 2.45) is 0 Å². The number of hydrogen-bond donors (Lipinski definition) is 1. The molecule has 0 unspecified atom stereocenters. The minimum atomic E-state index is 0.325. The van der Waals surface area contributed by atoms with Crippen molar-refractivity contribution in [2.45, 2.75) is 6.82 Å². The number of phenols is 1. The van der Waals surface area contributed by atoms with Gasteiger partial charge in [0.25, 0.3) is 0 Å². The van der Waals surface area contributed by atoms with Crippen LogP contribution in [0.5, 0.6) is 5.75 Å². The SMILES string of the molecule is C[B]c1cccc(O)c1. The van der Waals surface area contributed by atoms with Crippen molar-refractivity contribution in [1.29, 1.82) is 0 Å². The Labute approximate surface area is 55.6 Å². The molecule has 1 aromatic rings. The molecule has 1 rings (SSSR count). The van der Waals surface area contributed by atoms with Crippen molar-refractivity contribution in [1.82, 2.24) is 0 Å². The summed E-state index contributed by atoms with van der Waals surface area (Å²) in [5.74, 6) is 0.325. The summed E-state index contributed by atoms with van der Waals surface area (Å²) in [5.41, 5.74) is 1.05. The van der Waals surface area contributed by atoms with E-state index in [1.807, 2.05) is 26.2 Å². The first-order chi connectivity index (χ1) is 4.33. The van der Waals surface area contributed by atoms with E-state index in [0.717, 1.165) is 5.46 Å². The zero-order valence-electron chi connectivity index (χ0n) is 5.33. The van der Waals surface area contributed by atoms with E-state index >= 15 is 0 Å². The van der Waals surface area contributed by atoms with Gasteiger partial charge in [0.05, 0.1) is 0 Å². The van der Waals surface area contributed by atoms with Crippen molar-refractivity contribution < 1.29 is 5.11 Å². The zero-order chi connectivity index (χ0) is 6.69. The van der Waals surface area contributed by atoms with E-state index in [2.05, 4.69) is 0 Å². The zero-order valence-corrected chi connectivity index (χ0v) is 5.33. The van der Waals surface area contributed by atoms with Crippen molar-refractivity contribution >= 4 is 12.7 Å². The Morgan fingerprint density at radius 3 is 2.67 bits per heavy atom. The Morgan fingerprint density at radius 1 is 1.44 bits per heavy atom. The standard InChI is InChI=1S/C7H8BO/c1-8-6-3-2-4-7(9)5-6/h2-5,9H,1H3. The van der Waals surface area contributed by atoms with Crippen LogP contribution in [0.1, 0.15) is 0 Å².